The molecule has 0 amide bonds. The predicted molar refractivity (Wildman–Crippen MR) is 113 cm³/mol. The third-order valence-electron chi connectivity index (χ3n) is 4.48. The highest BCUT2D eigenvalue weighted by atomic mass is 127. The Morgan fingerprint density at radius 3 is 2.23 bits per heavy atom. The van der Waals surface area contributed by atoms with Gasteiger partial charge in [0.15, 0.2) is 0 Å². The molecule has 0 aliphatic carbocycles. The maximum atomic E-state index is 11.4. The summed E-state index contributed by atoms with van der Waals surface area (Å²) in [6, 6.07) is 24.5. The number of hydrogen-bond acceptors (Lipinski definition) is 1. The number of benzene rings is 3. The number of carbonyl (C=O) groups is 1. The van der Waals surface area contributed by atoms with Crippen LogP contribution in [0.2, 0.25) is 0 Å². The van der Waals surface area contributed by atoms with Crippen molar-refractivity contribution in [2.24, 2.45) is 0 Å². The number of halogens is 1. The van der Waals surface area contributed by atoms with Gasteiger partial charge in [-0.15, -0.1) is 0 Å². The number of H-pyrrole nitrogens is 1. The van der Waals surface area contributed by atoms with Gasteiger partial charge >= 0.3 is 5.97 Å². The summed E-state index contributed by atoms with van der Waals surface area (Å²) in [5.41, 5.74) is 5.97. The van der Waals surface area contributed by atoms with E-state index in [0.29, 0.717) is 0 Å². The third kappa shape index (κ3) is 3.24. The molecular weight excluding hydrogens is 437 g/mol. The number of nitrogens with one attached hydrogen (secondary N) is 1. The number of aromatic nitrogens is 1. The first-order valence-electron chi connectivity index (χ1n) is 8.29. The lowest BCUT2D eigenvalue weighted by Gasteiger charge is -2.06. The highest BCUT2D eigenvalue weighted by Crippen LogP contribution is 2.33. The van der Waals surface area contributed by atoms with Crippen LogP contribution in [-0.2, 0) is 11.2 Å². The number of aromatic amines is 1. The molecule has 4 aromatic rings. The first-order chi connectivity index (χ1) is 12.6. The average Bonchev–Trinajstić information content (AvgIpc) is 3.00. The van der Waals surface area contributed by atoms with E-state index in [1.165, 1.54) is 0 Å². The molecule has 2 N–H and O–H groups in total. The molecule has 0 saturated heterocycles. The van der Waals surface area contributed by atoms with Crippen LogP contribution in [0.25, 0.3) is 33.3 Å². The summed E-state index contributed by atoms with van der Waals surface area (Å²) < 4.78 is 1.09. The SMILES string of the molecule is O=C(O)Cc1c(-c2ccc(-c3ccccc3)cc2)[nH]c2ccc(I)cc12. The monoisotopic (exact) mass is 453 g/mol. The van der Waals surface area contributed by atoms with E-state index < -0.39 is 5.97 Å². The first kappa shape index (κ1) is 16.8. The van der Waals surface area contributed by atoms with Crippen LogP contribution >= 0.6 is 22.6 Å². The summed E-state index contributed by atoms with van der Waals surface area (Å²) in [5.74, 6) is -0.827. The molecule has 3 nitrogen and oxygen atoms in total. The van der Waals surface area contributed by atoms with E-state index in [1.54, 1.807) is 0 Å². The molecule has 0 aliphatic heterocycles. The van der Waals surface area contributed by atoms with E-state index in [9.17, 15) is 9.90 Å². The van der Waals surface area contributed by atoms with Gasteiger partial charge in [-0.25, -0.2) is 0 Å². The van der Waals surface area contributed by atoms with Gasteiger partial charge in [-0.1, -0.05) is 54.6 Å². The summed E-state index contributed by atoms with van der Waals surface area (Å²) in [4.78, 5) is 14.8. The van der Waals surface area contributed by atoms with Crippen molar-refractivity contribution in [3.05, 3.63) is 81.9 Å². The van der Waals surface area contributed by atoms with Gasteiger partial charge in [0.05, 0.1) is 12.1 Å². The van der Waals surface area contributed by atoms with Crippen molar-refractivity contribution in [3.63, 3.8) is 0 Å². The topological polar surface area (TPSA) is 53.1 Å². The van der Waals surface area contributed by atoms with Crippen molar-refractivity contribution in [2.45, 2.75) is 6.42 Å². The minimum atomic E-state index is -0.827. The summed E-state index contributed by atoms with van der Waals surface area (Å²) in [5, 5.41) is 10.3. The molecule has 0 radical (unpaired) electrons. The van der Waals surface area contributed by atoms with E-state index in [4.69, 9.17) is 0 Å². The second-order valence-corrected chi connectivity index (χ2v) is 7.43. The maximum absolute atomic E-state index is 11.4. The molecule has 3 aromatic carbocycles. The van der Waals surface area contributed by atoms with Crippen molar-refractivity contribution in [3.8, 4) is 22.4 Å². The molecule has 26 heavy (non-hydrogen) atoms. The van der Waals surface area contributed by atoms with E-state index >= 15 is 0 Å². The van der Waals surface area contributed by atoms with Crippen LogP contribution in [0.4, 0.5) is 0 Å². The van der Waals surface area contributed by atoms with E-state index in [-0.39, 0.29) is 6.42 Å². The Kier molecular flexibility index (Phi) is 4.51. The highest BCUT2D eigenvalue weighted by molar-refractivity contribution is 14.1. The van der Waals surface area contributed by atoms with E-state index in [2.05, 4.69) is 51.8 Å². The molecule has 4 rings (SSSR count). The third-order valence-corrected chi connectivity index (χ3v) is 5.15. The lowest BCUT2D eigenvalue weighted by atomic mass is 9.99. The van der Waals surface area contributed by atoms with Gasteiger partial charge in [0.2, 0.25) is 0 Å². The van der Waals surface area contributed by atoms with Crippen LogP contribution in [0, 0.1) is 3.57 Å². The number of carboxylic acids is 1. The fourth-order valence-electron chi connectivity index (χ4n) is 3.26. The fourth-order valence-corrected chi connectivity index (χ4v) is 3.75. The molecule has 0 unspecified atom stereocenters. The largest absolute Gasteiger partial charge is 0.481 e. The smallest absolute Gasteiger partial charge is 0.307 e. The van der Waals surface area contributed by atoms with Crippen molar-refractivity contribution in [1.82, 2.24) is 4.98 Å². The highest BCUT2D eigenvalue weighted by Gasteiger charge is 2.16. The number of hydrogen-bond donors (Lipinski definition) is 2. The Morgan fingerprint density at radius 2 is 1.54 bits per heavy atom. The first-order valence-corrected chi connectivity index (χ1v) is 9.37. The Morgan fingerprint density at radius 1 is 0.885 bits per heavy atom. The molecule has 0 bridgehead atoms. The summed E-state index contributed by atoms with van der Waals surface area (Å²) in [6.45, 7) is 0. The van der Waals surface area contributed by atoms with Crippen LogP contribution in [0.15, 0.2) is 72.8 Å². The Balaban J connectivity index is 1.82. The lowest BCUT2D eigenvalue weighted by molar-refractivity contribution is -0.136. The van der Waals surface area contributed by atoms with Crippen molar-refractivity contribution < 1.29 is 9.90 Å². The molecule has 0 spiro atoms. The van der Waals surface area contributed by atoms with Crippen LogP contribution in [-0.4, -0.2) is 16.1 Å². The minimum Gasteiger partial charge on any atom is -0.481 e. The van der Waals surface area contributed by atoms with Crippen LogP contribution in [0.3, 0.4) is 0 Å². The van der Waals surface area contributed by atoms with Gasteiger partial charge in [-0.05, 0) is 63.0 Å². The summed E-state index contributed by atoms with van der Waals surface area (Å²) in [6.07, 6.45) is -0.00410. The minimum absolute atomic E-state index is 0.00410. The normalized spacial score (nSPS) is 11.0. The Hall–Kier alpha value is -2.60. The van der Waals surface area contributed by atoms with Gasteiger partial charge in [0, 0.05) is 14.5 Å². The maximum Gasteiger partial charge on any atom is 0.307 e. The molecule has 4 heteroatoms. The van der Waals surface area contributed by atoms with Crippen LogP contribution in [0.1, 0.15) is 5.56 Å². The van der Waals surface area contributed by atoms with E-state index in [0.717, 1.165) is 42.4 Å². The number of aliphatic carboxylic acids is 1. The second-order valence-electron chi connectivity index (χ2n) is 6.18. The fraction of sp³-hybridized carbons (Fsp3) is 0.0455. The number of carboxylic acid groups (broad SMARTS) is 1. The number of fused-ring (bicyclic) bond motifs is 1. The predicted octanol–water partition coefficient (Wildman–Crippen LogP) is 5.73. The van der Waals surface area contributed by atoms with Gasteiger partial charge in [-0.2, -0.15) is 0 Å². The van der Waals surface area contributed by atoms with Crippen LogP contribution in [0.5, 0.6) is 0 Å². The molecule has 0 fully saturated rings. The standard InChI is InChI=1S/C22H16INO2/c23-17-10-11-20-18(12-17)19(13-21(25)26)22(24-20)16-8-6-15(7-9-16)14-4-2-1-3-5-14/h1-12,24H,13H2,(H,25,26). The summed E-state index contributed by atoms with van der Waals surface area (Å²) in [7, 11) is 0. The Labute approximate surface area is 164 Å². The molecule has 1 aromatic heterocycles. The average molecular weight is 453 g/mol. The van der Waals surface area contributed by atoms with Gasteiger partial charge in [0.25, 0.3) is 0 Å². The molecular formula is C22H16INO2. The van der Waals surface area contributed by atoms with Crippen molar-refractivity contribution in [1.29, 1.82) is 0 Å². The van der Waals surface area contributed by atoms with Gasteiger partial charge in [-0.3, -0.25) is 4.79 Å². The molecule has 1 heterocycles. The quantitative estimate of drug-likeness (QED) is 0.388. The zero-order valence-electron chi connectivity index (χ0n) is 13.9. The van der Waals surface area contributed by atoms with Gasteiger partial charge < -0.3 is 10.1 Å². The van der Waals surface area contributed by atoms with Crippen LogP contribution < -0.4 is 0 Å². The van der Waals surface area contributed by atoms with E-state index in [1.807, 2.05) is 48.5 Å². The molecule has 128 valence electrons. The zero-order valence-corrected chi connectivity index (χ0v) is 16.0. The number of rotatable bonds is 4. The summed E-state index contributed by atoms with van der Waals surface area (Å²) >= 11 is 2.25. The molecule has 0 saturated carbocycles. The van der Waals surface area contributed by atoms with Gasteiger partial charge in [0.1, 0.15) is 0 Å². The lowest BCUT2D eigenvalue weighted by Crippen LogP contribution is -2.01. The zero-order chi connectivity index (χ0) is 18.1. The van der Waals surface area contributed by atoms with Crippen molar-refractivity contribution >= 4 is 39.5 Å². The van der Waals surface area contributed by atoms with Crippen molar-refractivity contribution in [2.75, 3.05) is 0 Å². The second kappa shape index (κ2) is 6.96. The Bertz CT molecular complexity index is 1080. The molecule has 0 aliphatic rings. The molecule has 0 atom stereocenters.